The van der Waals surface area contributed by atoms with Crippen molar-refractivity contribution in [1.82, 2.24) is 4.98 Å². The number of aromatic nitrogens is 1. The number of rotatable bonds is 1. The summed E-state index contributed by atoms with van der Waals surface area (Å²) < 4.78 is 0.872. The highest BCUT2D eigenvalue weighted by Crippen LogP contribution is 2.39. The Balaban J connectivity index is 2.41. The largest absolute Gasteiger partial charge is 0.358 e. The van der Waals surface area contributed by atoms with E-state index in [0.717, 1.165) is 26.6 Å². The molecule has 0 atom stereocenters. The first-order chi connectivity index (χ1) is 7.66. The number of H-pyrrole nitrogens is 1. The Bertz CT molecular complexity index is 626. The normalized spacial score (nSPS) is 15.6. The number of aryl methyl sites for hydroxylation is 1. The van der Waals surface area contributed by atoms with Crippen LogP contribution in [0.3, 0.4) is 0 Å². The number of fused-ring (bicyclic) bond motifs is 1. The van der Waals surface area contributed by atoms with E-state index in [1.165, 1.54) is 12.8 Å². The zero-order valence-electron chi connectivity index (χ0n) is 9.01. The number of aromatic amines is 1. The zero-order valence-corrected chi connectivity index (χ0v) is 10.6. The van der Waals surface area contributed by atoms with Crippen molar-refractivity contribution in [1.29, 1.82) is 0 Å². The van der Waals surface area contributed by atoms with Gasteiger partial charge in [-0.15, -0.1) is 0 Å². The van der Waals surface area contributed by atoms with Gasteiger partial charge in [0, 0.05) is 16.2 Å². The maximum atomic E-state index is 12.1. The lowest BCUT2D eigenvalue weighted by Gasteiger charge is -2.07. The van der Waals surface area contributed by atoms with Crippen LogP contribution in [0.4, 0.5) is 0 Å². The molecule has 1 saturated carbocycles. The van der Waals surface area contributed by atoms with Crippen LogP contribution >= 0.6 is 15.9 Å². The number of hydrogen-bond acceptors (Lipinski definition) is 1. The predicted molar refractivity (Wildman–Crippen MR) is 69.0 cm³/mol. The van der Waals surface area contributed by atoms with Gasteiger partial charge in [0.15, 0.2) is 5.43 Å². The second-order valence-corrected chi connectivity index (χ2v) is 5.33. The van der Waals surface area contributed by atoms with Crippen molar-refractivity contribution in [2.75, 3.05) is 0 Å². The predicted octanol–water partition coefficient (Wildman–Crippen LogP) is 3.48. The minimum atomic E-state index is 0.117. The van der Waals surface area contributed by atoms with Crippen LogP contribution in [0.1, 0.15) is 30.0 Å². The summed E-state index contributed by atoms with van der Waals surface area (Å²) in [6.07, 6.45) is 2.41. The summed E-state index contributed by atoms with van der Waals surface area (Å²) in [6.45, 7) is 2.03. The van der Waals surface area contributed by atoms with Crippen LogP contribution in [0.2, 0.25) is 0 Å². The maximum Gasteiger partial charge on any atom is 0.190 e. The third-order valence-electron chi connectivity index (χ3n) is 3.18. The maximum absolute atomic E-state index is 12.1. The fourth-order valence-corrected chi connectivity index (χ4v) is 2.62. The van der Waals surface area contributed by atoms with Gasteiger partial charge in [-0.05, 0) is 53.2 Å². The molecule has 3 rings (SSSR count). The van der Waals surface area contributed by atoms with Crippen molar-refractivity contribution >= 4 is 26.8 Å². The van der Waals surface area contributed by atoms with Crippen molar-refractivity contribution in [3.63, 3.8) is 0 Å². The van der Waals surface area contributed by atoms with Crippen LogP contribution in [-0.4, -0.2) is 4.98 Å². The van der Waals surface area contributed by atoms with Gasteiger partial charge in [0.05, 0.1) is 10.9 Å². The minimum absolute atomic E-state index is 0.117. The van der Waals surface area contributed by atoms with Crippen LogP contribution < -0.4 is 5.43 Å². The molecule has 1 aliphatic rings. The van der Waals surface area contributed by atoms with E-state index in [1.54, 1.807) is 6.07 Å². The van der Waals surface area contributed by atoms with Gasteiger partial charge in [0.25, 0.3) is 0 Å². The first kappa shape index (κ1) is 10.1. The third-order valence-corrected chi connectivity index (χ3v) is 3.84. The molecule has 1 aromatic heterocycles. The molecular formula is C13H12BrNO. The summed E-state index contributed by atoms with van der Waals surface area (Å²) in [5.41, 5.74) is 3.31. The Hall–Kier alpha value is -1.09. The molecule has 0 bridgehead atoms. The number of halogens is 1. The number of benzene rings is 1. The standard InChI is InChI=1S/C13H12BrNO/c1-7-2-5-9(14)12-11(16)6-10(8-3-4-8)15-13(7)12/h2,5-6,8H,3-4H2,1H3,(H,15,16). The van der Waals surface area contributed by atoms with Gasteiger partial charge < -0.3 is 4.98 Å². The number of hydrogen-bond donors (Lipinski definition) is 1. The highest BCUT2D eigenvalue weighted by atomic mass is 79.9. The summed E-state index contributed by atoms with van der Waals surface area (Å²) in [5.74, 6) is 0.579. The monoisotopic (exact) mass is 277 g/mol. The molecule has 0 amide bonds. The van der Waals surface area contributed by atoms with Crippen LogP contribution in [-0.2, 0) is 0 Å². The topological polar surface area (TPSA) is 32.9 Å². The Morgan fingerprint density at radius 2 is 2.12 bits per heavy atom. The molecule has 82 valence electrons. The molecule has 1 aromatic carbocycles. The Morgan fingerprint density at radius 3 is 2.81 bits per heavy atom. The highest BCUT2D eigenvalue weighted by Gasteiger charge is 2.25. The lowest BCUT2D eigenvalue weighted by molar-refractivity contribution is 1.04. The lowest BCUT2D eigenvalue weighted by atomic mass is 10.1. The Labute approximate surface area is 102 Å². The summed E-state index contributed by atoms with van der Waals surface area (Å²) >= 11 is 3.44. The fraction of sp³-hybridized carbons (Fsp3) is 0.308. The molecule has 0 spiro atoms. The minimum Gasteiger partial charge on any atom is -0.358 e. The smallest absolute Gasteiger partial charge is 0.190 e. The molecule has 1 N–H and O–H groups in total. The SMILES string of the molecule is Cc1ccc(Br)c2c(=O)cc(C3CC3)[nH]c12. The van der Waals surface area contributed by atoms with Gasteiger partial charge in [-0.1, -0.05) is 6.07 Å². The van der Waals surface area contributed by atoms with E-state index in [2.05, 4.69) is 20.9 Å². The second-order valence-electron chi connectivity index (χ2n) is 4.48. The van der Waals surface area contributed by atoms with Crippen LogP contribution in [0.25, 0.3) is 10.9 Å². The second kappa shape index (κ2) is 3.45. The average molecular weight is 278 g/mol. The van der Waals surface area contributed by atoms with E-state index in [1.807, 2.05) is 19.1 Å². The molecule has 1 fully saturated rings. The summed E-state index contributed by atoms with van der Waals surface area (Å²) in [6, 6.07) is 5.72. The average Bonchev–Trinajstić information content (AvgIpc) is 3.06. The van der Waals surface area contributed by atoms with Gasteiger partial charge >= 0.3 is 0 Å². The molecule has 16 heavy (non-hydrogen) atoms. The van der Waals surface area contributed by atoms with E-state index in [4.69, 9.17) is 0 Å². The first-order valence-corrected chi connectivity index (χ1v) is 6.28. The van der Waals surface area contributed by atoms with Crippen LogP contribution in [0.15, 0.2) is 27.5 Å². The summed E-state index contributed by atoms with van der Waals surface area (Å²) in [5, 5.41) is 0.768. The van der Waals surface area contributed by atoms with Gasteiger partial charge in [0.2, 0.25) is 0 Å². The Kier molecular flexibility index (Phi) is 2.18. The lowest BCUT2D eigenvalue weighted by Crippen LogP contribution is -2.06. The zero-order chi connectivity index (χ0) is 11.3. The molecule has 1 aliphatic carbocycles. The van der Waals surface area contributed by atoms with E-state index < -0.39 is 0 Å². The van der Waals surface area contributed by atoms with Crippen LogP contribution in [0.5, 0.6) is 0 Å². The quantitative estimate of drug-likeness (QED) is 0.851. The van der Waals surface area contributed by atoms with Crippen LogP contribution in [0, 0.1) is 6.92 Å². The van der Waals surface area contributed by atoms with Gasteiger partial charge in [-0.25, -0.2) is 0 Å². The van der Waals surface area contributed by atoms with Crippen molar-refractivity contribution in [3.8, 4) is 0 Å². The molecule has 1 heterocycles. The molecular weight excluding hydrogens is 266 g/mol. The van der Waals surface area contributed by atoms with Gasteiger partial charge in [-0.3, -0.25) is 4.79 Å². The number of pyridine rings is 1. The first-order valence-electron chi connectivity index (χ1n) is 5.49. The van der Waals surface area contributed by atoms with Gasteiger partial charge in [-0.2, -0.15) is 0 Å². The highest BCUT2D eigenvalue weighted by molar-refractivity contribution is 9.10. The van der Waals surface area contributed by atoms with Crippen molar-refractivity contribution in [2.24, 2.45) is 0 Å². The summed E-state index contributed by atoms with van der Waals surface area (Å²) in [4.78, 5) is 15.5. The molecule has 2 nitrogen and oxygen atoms in total. The van der Waals surface area contributed by atoms with E-state index in [0.29, 0.717) is 5.92 Å². The fourth-order valence-electron chi connectivity index (χ4n) is 2.09. The molecule has 0 aliphatic heterocycles. The van der Waals surface area contributed by atoms with Crippen molar-refractivity contribution < 1.29 is 0 Å². The van der Waals surface area contributed by atoms with Crippen molar-refractivity contribution in [2.45, 2.75) is 25.7 Å². The third kappa shape index (κ3) is 1.50. The summed E-state index contributed by atoms with van der Waals surface area (Å²) in [7, 11) is 0. The van der Waals surface area contributed by atoms with Gasteiger partial charge in [0.1, 0.15) is 0 Å². The molecule has 0 unspecified atom stereocenters. The molecule has 0 saturated heterocycles. The number of nitrogens with one attached hydrogen (secondary N) is 1. The molecule has 2 aromatic rings. The Morgan fingerprint density at radius 1 is 1.38 bits per heavy atom. The van der Waals surface area contributed by atoms with E-state index >= 15 is 0 Å². The molecule has 3 heteroatoms. The van der Waals surface area contributed by atoms with Crippen molar-refractivity contribution in [3.05, 3.63) is 44.2 Å². The van der Waals surface area contributed by atoms with E-state index in [-0.39, 0.29) is 5.43 Å². The molecule has 0 radical (unpaired) electrons. The van der Waals surface area contributed by atoms with E-state index in [9.17, 15) is 4.79 Å².